The molecule has 0 aliphatic rings. The SMILES string of the molecule is COc1ccc(Cn2nc(C(=O)N(C)OC)c3cc(I)ccc32)cc1. The highest BCUT2D eigenvalue weighted by Gasteiger charge is 2.21. The molecule has 0 atom stereocenters. The van der Waals surface area contributed by atoms with Crippen LogP contribution in [0.5, 0.6) is 5.75 Å². The largest absolute Gasteiger partial charge is 0.497 e. The first-order chi connectivity index (χ1) is 12.0. The third-order valence-corrected chi connectivity index (χ3v) is 4.64. The van der Waals surface area contributed by atoms with Gasteiger partial charge in [0.1, 0.15) is 5.75 Å². The molecule has 0 bridgehead atoms. The number of aromatic nitrogens is 2. The van der Waals surface area contributed by atoms with Crippen LogP contribution in [0.15, 0.2) is 42.5 Å². The number of halogens is 1. The molecule has 0 radical (unpaired) electrons. The lowest BCUT2D eigenvalue weighted by molar-refractivity contribution is -0.0759. The Kier molecular flexibility index (Phi) is 5.24. The molecule has 2 aromatic carbocycles. The quantitative estimate of drug-likeness (QED) is 0.441. The number of carbonyl (C=O) groups excluding carboxylic acids is 1. The lowest BCUT2D eigenvalue weighted by Gasteiger charge is -2.11. The number of rotatable bonds is 5. The molecule has 130 valence electrons. The van der Waals surface area contributed by atoms with Gasteiger partial charge in [0.05, 0.1) is 26.3 Å². The fourth-order valence-corrected chi connectivity index (χ4v) is 3.06. The van der Waals surface area contributed by atoms with E-state index in [1.165, 1.54) is 12.2 Å². The number of carbonyl (C=O) groups is 1. The van der Waals surface area contributed by atoms with Gasteiger partial charge in [-0.2, -0.15) is 5.10 Å². The van der Waals surface area contributed by atoms with Gasteiger partial charge >= 0.3 is 0 Å². The highest BCUT2D eigenvalue weighted by Crippen LogP contribution is 2.24. The van der Waals surface area contributed by atoms with E-state index in [2.05, 4.69) is 27.7 Å². The van der Waals surface area contributed by atoms with Gasteiger partial charge in [-0.15, -0.1) is 0 Å². The standard InChI is InChI=1S/C18H18IN3O3/c1-21(25-3)18(23)17-15-10-13(19)6-9-16(15)22(20-17)11-12-4-7-14(24-2)8-5-12/h4-10H,11H2,1-3H3. The molecule has 0 aliphatic carbocycles. The molecule has 3 rings (SSSR count). The maximum Gasteiger partial charge on any atom is 0.298 e. The summed E-state index contributed by atoms with van der Waals surface area (Å²) in [6, 6.07) is 13.7. The molecular formula is C18H18IN3O3. The van der Waals surface area contributed by atoms with Gasteiger partial charge < -0.3 is 4.74 Å². The first-order valence-electron chi connectivity index (χ1n) is 7.64. The van der Waals surface area contributed by atoms with Crippen LogP contribution in [0.2, 0.25) is 0 Å². The van der Waals surface area contributed by atoms with Gasteiger partial charge in [-0.05, 0) is 58.5 Å². The topological polar surface area (TPSA) is 56.6 Å². The third-order valence-electron chi connectivity index (χ3n) is 3.97. The Labute approximate surface area is 159 Å². The van der Waals surface area contributed by atoms with Crippen molar-refractivity contribution in [3.05, 3.63) is 57.3 Å². The number of amides is 1. The first-order valence-corrected chi connectivity index (χ1v) is 8.72. The van der Waals surface area contributed by atoms with Crippen molar-refractivity contribution in [2.75, 3.05) is 21.3 Å². The van der Waals surface area contributed by atoms with Crippen LogP contribution < -0.4 is 4.74 Å². The Morgan fingerprint density at radius 3 is 2.56 bits per heavy atom. The maximum atomic E-state index is 12.6. The number of fused-ring (bicyclic) bond motifs is 1. The van der Waals surface area contributed by atoms with E-state index < -0.39 is 0 Å². The zero-order chi connectivity index (χ0) is 18.0. The molecule has 25 heavy (non-hydrogen) atoms. The van der Waals surface area contributed by atoms with Gasteiger partial charge in [-0.1, -0.05) is 12.1 Å². The molecule has 0 spiro atoms. The summed E-state index contributed by atoms with van der Waals surface area (Å²) in [5.41, 5.74) is 2.36. The minimum atomic E-state index is -0.275. The molecule has 0 N–H and O–H groups in total. The van der Waals surface area contributed by atoms with Crippen LogP contribution in [0.1, 0.15) is 16.1 Å². The van der Waals surface area contributed by atoms with Gasteiger partial charge in [-0.3, -0.25) is 14.3 Å². The molecule has 0 saturated heterocycles. The highest BCUT2D eigenvalue weighted by atomic mass is 127. The molecule has 6 nitrogen and oxygen atoms in total. The average Bonchev–Trinajstić information content (AvgIpc) is 2.98. The van der Waals surface area contributed by atoms with Gasteiger partial charge in [-0.25, -0.2) is 5.06 Å². The van der Waals surface area contributed by atoms with Crippen LogP contribution >= 0.6 is 22.6 Å². The van der Waals surface area contributed by atoms with Crippen LogP contribution in [0.25, 0.3) is 10.9 Å². The van der Waals surface area contributed by atoms with Gasteiger partial charge in [0.15, 0.2) is 5.69 Å². The Morgan fingerprint density at radius 1 is 1.20 bits per heavy atom. The molecule has 7 heteroatoms. The van der Waals surface area contributed by atoms with Gasteiger partial charge in [0, 0.05) is 16.0 Å². The number of ether oxygens (including phenoxy) is 1. The third kappa shape index (κ3) is 3.62. The van der Waals surface area contributed by atoms with Crippen molar-refractivity contribution < 1.29 is 14.4 Å². The fourth-order valence-electron chi connectivity index (χ4n) is 2.57. The molecule has 1 heterocycles. The zero-order valence-corrected chi connectivity index (χ0v) is 16.4. The molecule has 0 fully saturated rings. The molecule has 1 amide bonds. The second-order valence-corrected chi connectivity index (χ2v) is 6.75. The normalized spacial score (nSPS) is 10.9. The molecule has 3 aromatic rings. The monoisotopic (exact) mass is 451 g/mol. The lowest BCUT2D eigenvalue weighted by Crippen LogP contribution is -2.26. The summed E-state index contributed by atoms with van der Waals surface area (Å²) in [5, 5.41) is 6.54. The number of nitrogens with zero attached hydrogens (tertiary/aromatic N) is 3. The van der Waals surface area contributed by atoms with E-state index >= 15 is 0 Å². The smallest absolute Gasteiger partial charge is 0.298 e. The summed E-state index contributed by atoms with van der Waals surface area (Å²) in [4.78, 5) is 17.6. The Bertz CT molecular complexity index is 906. The van der Waals surface area contributed by atoms with Crippen LogP contribution in [0.4, 0.5) is 0 Å². The Morgan fingerprint density at radius 2 is 1.92 bits per heavy atom. The first kappa shape index (κ1) is 17.7. The summed E-state index contributed by atoms with van der Waals surface area (Å²) in [6.07, 6.45) is 0. The van der Waals surface area contributed by atoms with Crippen molar-refractivity contribution in [1.82, 2.24) is 14.8 Å². The summed E-state index contributed by atoms with van der Waals surface area (Å²) >= 11 is 2.23. The number of methoxy groups -OCH3 is 1. The fraction of sp³-hybridized carbons (Fsp3) is 0.222. The summed E-state index contributed by atoms with van der Waals surface area (Å²) < 4.78 is 8.07. The second kappa shape index (κ2) is 7.40. The molecule has 0 aliphatic heterocycles. The number of hydrogen-bond acceptors (Lipinski definition) is 4. The minimum absolute atomic E-state index is 0.275. The Balaban J connectivity index is 2.04. The van der Waals surface area contributed by atoms with Crippen LogP contribution in [0, 0.1) is 3.57 Å². The van der Waals surface area contributed by atoms with E-state index in [0.29, 0.717) is 12.2 Å². The van der Waals surface area contributed by atoms with Crippen molar-refractivity contribution in [2.24, 2.45) is 0 Å². The molecular weight excluding hydrogens is 433 g/mol. The van der Waals surface area contributed by atoms with E-state index in [9.17, 15) is 4.79 Å². The van der Waals surface area contributed by atoms with E-state index in [1.807, 2.05) is 47.1 Å². The van der Waals surface area contributed by atoms with E-state index in [-0.39, 0.29) is 5.91 Å². The van der Waals surface area contributed by atoms with Crippen molar-refractivity contribution in [3.8, 4) is 5.75 Å². The van der Waals surface area contributed by atoms with Gasteiger partial charge in [0.2, 0.25) is 0 Å². The summed E-state index contributed by atoms with van der Waals surface area (Å²) in [7, 11) is 4.67. The van der Waals surface area contributed by atoms with Crippen molar-refractivity contribution in [2.45, 2.75) is 6.54 Å². The number of benzene rings is 2. The van der Waals surface area contributed by atoms with Crippen molar-refractivity contribution in [3.63, 3.8) is 0 Å². The lowest BCUT2D eigenvalue weighted by atomic mass is 10.2. The Hall–Kier alpha value is -2.13. The second-order valence-electron chi connectivity index (χ2n) is 5.50. The zero-order valence-electron chi connectivity index (χ0n) is 14.2. The van der Waals surface area contributed by atoms with E-state index in [4.69, 9.17) is 9.57 Å². The molecule has 0 unspecified atom stereocenters. The van der Waals surface area contributed by atoms with Crippen molar-refractivity contribution in [1.29, 1.82) is 0 Å². The number of hydroxylamine groups is 2. The van der Waals surface area contributed by atoms with E-state index in [1.54, 1.807) is 14.2 Å². The highest BCUT2D eigenvalue weighted by molar-refractivity contribution is 14.1. The minimum Gasteiger partial charge on any atom is -0.497 e. The summed E-state index contributed by atoms with van der Waals surface area (Å²) in [6.45, 7) is 0.561. The van der Waals surface area contributed by atoms with Crippen LogP contribution in [0.3, 0.4) is 0 Å². The molecule has 1 aromatic heterocycles. The predicted octanol–water partition coefficient (Wildman–Crippen LogP) is 3.33. The predicted molar refractivity (Wildman–Crippen MR) is 104 cm³/mol. The van der Waals surface area contributed by atoms with Crippen molar-refractivity contribution >= 4 is 39.4 Å². The number of hydrogen-bond donors (Lipinski definition) is 0. The molecule has 0 saturated carbocycles. The summed E-state index contributed by atoms with van der Waals surface area (Å²) in [5.74, 6) is 0.532. The van der Waals surface area contributed by atoms with E-state index in [0.717, 1.165) is 25.8 Å². The van der Waals surface area contributed by atoms with Crippen LogP contribution in [-0.4, -0.2) is 42.0 Å². The van der Waals surface area contributed by atoms with Crippen LogP contribution in [-0.2, 0) is 11.4 Å². The average molecular weight is 451 g/mol. The van der Waals surface area contributed by atoms with Gasteiger partial charge in [0.25, 0.3) is 5.91 Å². The maximum absolute atomic E-state index is 12.6.